The maximum absolute atomic E-state index is 11.9. The van der Waals surface area contributed by atoms with E-state index in [4.69, 9.17) is 5.73 Å². The molecule has 1 rings (SSSR count). The summed E-state index contributed by atoms with van der Waals surface area (Å²) in [7, 11) is 0. The molecule has 0 bridgehead atoms. The Kier molecular flexibility index (Phi) is 5.79. The van der Waals surface area contributed by atoms with Crippen LogP contribution in [0.25, 0.3) is 0 Å². The number of nitrogens with zero attached hydrogens (tertiary/aromatic N) is 1. The third kappa shape index (κ3) is 5.19. The molecular formula is C14H27N3O2. The molecule has 1 saturated heterocycles. The van der Waals surface area contributed by atoms with E-state index < -0.39 is 6.04 Å². The second-order valence-corrected chi connectivity index (χ2v) is 6.33. The van der Waals surface area contributed by atoms with Gasteiger partial charge in [0.1, 0.15) is 0 Å². The summed E-state index contributed by atoms with van der Waals surface area (Å²) in [5.41, 5.74) is 5.58. The molecule has 19 heavy (non-hydrogen) atoms. The van der Waals surface area contributed by atoms with Gasteiger partial charge in [-0.15, -0.1) is 0 Å². The van der Waals surface area contributed by atoms with Gasteiger partial charge >= 0.3 is 0 Å². The molecule has 110 valence electrons. The highest BCUT2D eigenvalue weighted by Gasteiger charge is 2.27. The fourth-order valence-electron chi connectivity index (χ4n) is 2.10. The number of nitrogens with one attached hydrogen (secondary N) is 1. The van der Waals surface area contributed by atoms with E-state index in [1.807, 2.05) is 25.7 Å². The number of carbonyl (C=O) groups excluding carboxylic acids is 2. The van der Waals surface area contributed by atoms with Crippen LogP contribution < -0.4 is 11.1 Å². The topological polar surface area (TPSA) is 75.4 Å². The lowest BCUT2D eigenvalue weighted by Crippen LogP contribution is -2.49. The summed E-state index contributed by atoms with van der Waals surface area (Å²) in [5.74, 6) is -0.0525. The Labute approximate surface area is 115 Å². The molecule has 0 saturated carbocycles. The first-order valence-corrected chi connectivity index (χ1v) is 7.13. The third-order valence-corrected chi connectivity index (χ3v) is 3.56. The number of nitrogens with two attached hydrogens (primary N) is 1. The van der Waals surface area contributed by atoms with Crippen molar-refractivity contribution >= 4 is 11.8 Å². The zero-order chi connectivity index (χ0) is 14.5. The van der Waals surface area contributed by atoms with Gasteiger partial charge in [-0.1, -0.05) is 20.8 Å². The molecule has 1 aliphatic heterocycles. The summed E-state index contributed by atoms with van der Waals surface area (Å²) in [6.07, 6.45) is 3.75. The first-order valence-electron chi connectivity index (χ1n) is 7.13. The average molecular weight is 269 g/mol. The largest absolute Gasteiger partial charge is 0.354 e. The minimum atomic E-state index is -0.544. The van der Waals surface area contributed by atoms with Gasteiger partial charge in [-0.3, -0.25) is 9.59 Å². The van der Waals surface area contributed by atoms with Crippen LogP contribution in [0.2, 0.25) is 0 Å². The summed E-state index contributed by atoms with van der Waals surface area (Å²) in [5, 5.41) is 2.75. The van der Waals surface area contributed by atoms with Crippen molar-refractivity contribution in [1.82, 2.24) is 10.2 Å². The summed E-state index contributed by atoms with van der Waals surface area (Å²) < 4.78 is 0. The Morgan fingerprint density at radius 3 is 2.32 bits per heavy atom. The Morgan fingerprint density at radius 2 is 1.79 bits per heavy atom. The van der Waals surface area contributed by atoms with Crippen LogP contribution in [0.15, 0.2) is 0 Å². The van der Waals surface area contributed by atoms with Crippen LogP contribution in [-0.2, 0) is 9.59 Å². The van der Waals surface area contributed by atoms with Crippen molar-refractivity contribution in [3.8, 4) is 0 Å². The Balaban J connectivity index is 2.26. The van der Waals surface area contributed by atoms with Crippen molar-refractivity contribution in [2.24, 2.45) is 11.1 Å². The van der Waals surface area contributed by atoms with Crippen molar-refractivity contribution in [3.05, 3.63) is 0 Å². The third-order valence-electron chi connectivity index (χ3n) is 3.56. The molecule has 5 heteroatoms. The molecule has 3 N–H and O–H groups in total. The Morgan fingerprint density at radius 1 is 1.21 bits per heavy atom. The van der Waals surface area contributed by atoms with Crippen molar-refractivity contribution in [1.29, 1.82) is 0 Å². The number of hydrogen-bond donors (Lipinski definition) is 2. The summed E-state index contributed by atoms with van der Waals surface area (Å²) in [6, 6.07) is -0.544. The lowest BCUT2D eigenvalue weighted by atomic mass is 9.87. The smallest absolute Gasteiger partial charge is 0.237 e. The minimum absolute atomic E-state index is 0.129. The van der Waals surface area contributed by atoms with E-state index in [9.17, 15) is 9.59 Å². The van der Waals surface area contributed by atoms with E-state index in [2.05, 4.69) is 5.32 Å². The van der Waals surface area contributed by atoms with Crippen LogP contribution in [0.3, 0.4) is 0 Å². The van der Waals surface area contributed by atoms with Crippen LogP contribution in [0.4, 0.5) is 0 Å². The van der Waals surface area contributed by atoms with Gasteiger partial charge in [-0.2, -0.15) is 0 Å². The van der Waals surface area contributed by atoms with Crippen molar-refractivity contribution in [3.63, 3.8) is 0 Å². The number of amides is 2. The first-order chi connectivity index (χ1) is 8.82. The SMILES string of the molecule is CC(C)(C)C(N)C(=O)NCCC(=O)N1CCCCC1. The molecule has 2 amide bonds. The van der Waals surface area contributed by atoms with Crippen LogP contribution in [0.5, 0.6) is 0 Å². The molecule has 1 atom stereocenters. The first kappa shape index (κ1) is 16.0. The van der Waals surface area contributed by atoms with Gasteiger partial charge < -0.3 is 16.0 Å². The highest BCUT2D eigenvalue weighted by molar-refractivity contribution is 5.83. The van der Waals surface area contributed by atoms with Gasteiger partial charge in [0.2, 0.25) is 11.8 Å². The van der Waals surface area contributed by atoms with Crippen LogP contribution in [0.1, 0.15) is 46.5 Å². The van der Waals surface area contributed by atoms with Gasteiger partial charge in [0.15, 0.2) is 0 Å². The quantitative estimate of drug-likeness (QED) is 0.795. The molecule has 1 unspecified atom stereocenters. The standard InChI is InChI=1S/C14H27N3O2/c1-14(2,3)12(15)13(19)16-8-7-11(18)17-9-5-4-6-10-17/h12H,4-10,15H2,1-3H3,(H,16,19). The second-order valence-electron chi connectivity index (χ2n) is 6.33. The number of carbonyl (C=O) groups is 2. The fourth-order valence-corrected chi connectivity index (χ4v) is 2.10. The van der Waals surface area contributed by atoms with Crippen molar-refractivity contribution < 1.29 is 9.59 Å². The summed E-state index contributed by atoms with van der Waals surface area (Å²) in [4.78, 5) is 25.6. The Hall–Kier alpha value is -1.10. The predicted molar refractivity (Wildman–Crippen MR) is 75.5 cm³/mol. The molecule has 0 aromatic rings. The van der Waals surface area contributed by atoms with Gasteiger partial charge in [0, 0.05) is 26.1 Å². The average Bonchev–Trinajstić information content (AvgIpc) is 2.37. The Bertz CT molecular complexity index is 317. The zero-order valence-electron chi connectivity index (χ0n) is 12.4. The van der Waals surface area contributed by atoms with Gasteiger partial charge in [0.25, 0.3) is 0 Å². The van der Waals surface area contributed by atoms with Gasteiger partial charge in [-0.25, -0.2) is 0 Å². The van der Waals surface area contributed by atoms with E-state index >= 15 is 0 Å². The number of likely N-dealkylation sites (tertiary alicyclic amines) is 1. The normalized spacial score (nSPS) is 18.0. The maximum atomic E-state index is 11.9. The molecule has 1 aliphatic rings. The molecule has 0 radical (unpaired) electrons. The minimum Gasteiger partial charge on any atom is -0.354 e. The fraction of sp³-hybridized carbons (Fsp3) is 0.857. The number of hydrogen-bond acceptors (Lipinski definition) is 3. The molecule has 1 fully saturated rings. The van der Waals surface area contributed by atoms with E-state index in [0.29, 0.717) is 13.0 Å². The van der Waals surface area contributed by atoms with E-state index in [1.165, 1.54) is 6.42 Å². The molecule has 0 aliphatic carbocycles. The zero-order valence-corrected chi connectivity index (χ0v) is 12.4. The van der Waals surface area contributed by atoms with Crippen molar-refractivity contribution in [2.75, 3.05) is 19.6 Å². The highest BCUT2D eigenvalue weighted by Crippen LogP contribution is 2.17. The van der Waals surface area contributed by atoms with Crippen LogP contribution in [-0.4, -0.2) is 42.4 Å². The predicted octanol–water partition coefficient (Wildman–Crippen LogP) is 0.879. The summed E-state index contributed by atoms with van der Waals surface area (Å²) in [6.45, 7) is 7.86. The van der Waals surface area contributed by atoms with Gasteiger partial charge in [0.05, 0.1) is 6.04 Å². The second kappa shape index (κ2) is 6.89. The lowest BCUT2D eigenvalue weighted by molar-refractivity contribution is -0.132. The van der Waals surface area contributed by atoms with E-state index in [1.54, 1.807) is 0 Å². The van der Waals surface area contributed by atoms with Crippen molar-refractivity contribution in [2.45, 2.75) is 52.5 Å². The highest BCUT2D eigenvalue weighted by atomic mass is 16.2. The number of rotatable bonds is 4. The molecule has 5 nitrogen and oxygen atoms in total. The van der Waals surface area contributed by atoms with E-state index in [0.717, 1.165) is 25.9 Å². The molecule has 1 heterocycles. The lowest BCUT2D eigenvalue weighted by Gasteiger charge is -2.27. The van der Waals surface area contributed by atoms with Crippen LogP contribution >= 0.6 is 0 Å². The monoisotopic (exact) mass is 269 g/mol. The maximum Gasteiger partial charge on any atom is 0.237 e. The van der Waals surface area contributed by atoms with E-state index in [-0.39, 0.29) is 17.2 Å². The van der Waals surface area contributed by atoms with Gasteiger partial charge in [-0.05, 0) is 24.7 Å². The summed E-state index contributed by atoms with van der Waals surface area (Å²) >= 11 is 0. The molecule has 0 spiro atoms. The number of piperidine rings is 1. The molecule has 0 aromatic heterocycles. The molecular weight excluding hydrogens is 242 g/mol. The van der Waals surface area contributed by atoms with Crippen LogP contribution in [0, 0.1) is 5.41 Å². The molecule has 0 aromatic carbocycles.